The number of sulfonamides is 1. The zero-order valence-electron chi connectivity index (χ0n) is 13.8. The summed E-state index contributed by atoms with van der Waals surface area (Å²) >= 11 is 0. The predicted molar refractivity (Wildman–Crippen MR) is 92.9 cm³/mol. The molecule has 0 bridgehead atoms. The highest BCUT2D eigenvalue weighted by atomic mass is 32.2. The van der Waals surface area contributed by atoms with Gasteiger partial charge in [0.05, 0.1) is 28.2 Å². The fourth-order valence-electron chi connectivity index (χ4n) is 2.18. The van der Waals surface area contributed by atoms with E-state index in [0.717, 1.165) is 10.6 Å². The van der Waals surface area contributed by atoms with Gasteiger partial charge >= 0.3 is 5.97 Å². The van der Waals surface area contributed by atoms with E-state index < -0.39 is 25.8 Å². The molecule has 0 aromatic heterocycles. The monoisotopic (exact) mass is 383 g/mol. The number of hydrogen-bond acceptors (Lipinski definition) is 6. The van der Waals surface area contributed by atoms with E-state index in [2.05, 4.69) is 4.74 Å². The Labute approximate surface area is 146 Å². The Bertz CT molecular complexity index is 995. The summed E-state index contributed by atoms with van der Waals surface area (Å²) in [5.41, 5.74) is 0.255. The zero-order valence-corrected chi connectivity index (χ0v) is 15.5. The first kappa shape index (κ1) is 18.9. The molecule has 0 atom stereocenters. The van der Waals surface area contributed by atoms with Gasteiger partial charge in [-0.05, 0) is 36.4 Å². The number of esters is 1. The third kappa shape index (κ3) is 3.83. The second kappa shape index (κ2) is 6.85. The van der Waals surface area contributed by atoms with Crippen molar-refractivity contribution in [2.75, 3.05) is 24.7 Å². The lowest BCUT2D eigenvalue weighted by atomic mass is 10.2. The van der Waals surface area contributed by atoms with E-state index >= 15 is 0 Å². The molecular weight excluding hydrogens is 366 g/mol. The Kier molecular flexibility index (Phi) is 5.19. The number of benzene rings is 2. The highest BCUT2D eigenvalue weighted by Gasteiger charge is 2.25. The minimum absolute atomic E-state index is 0.0177. The predicted octanol–water partition coefficient (Wildman–Crippen LogP) is 1.70. The van der Waals surface area contributed by atoms with Gasteiger partial charge in [0.1, 0.15) is 0 Å². The zero-order chi connectivity index (χ0) is 18.8. The van der Waals surface area contributed by atoms with Crippen LogP contribution in [-0.4, -0.2) is 43.2 Å². The maximum absolute atomic E-state index is 12.8. The number of para-hydroxylation sites is 1. The fourth-order valence-corrected chi connectivity index (χ4v) is 4.02. The average molecular weight is 383 g/mol. The van der Waals surface area contributed by atoms with Gasteiger partial charge in [0.15, 0.2) is 9.84 Å². The number of ether oxygens (including phenoxy) is 1. The van der Waals surface area contributed by atoms with Crippen molar-refractivity contribution in [1.82, 2.24) is 0 Å². The Balaban J connectivity index is 2.49. The van der Waals surface area contributed by atoms with Gasteiger partial charge in [-0.3, -0.25) is 4.31 Å². The molecule has 0 aliphatic carbocycles. The maximum Gasteiger partial charge on any atom is 0.340 e. The Hall–Kier alpha value is -2.39. The van der Waals surface area contributed by atoms with Crippen molar-refractivity contribution in [2.24, 2.45) is 0 Å². The molecule has 0 N–H and O–H groups in total. The van der Waals surface area contributed by atoms with Crippen LogP contribution in [-0.2, 0) is 24.6 Å². The van der Waals surface area contributed by atoms with Gasteiger partial charge in [-0.2, -0.15) is 0 Å². The van der Waals surface area contributed by atoms with Crippen molar-refractivity contribution < 1.29 is 26.4 Å². The number of nitrogens with zero attached hydrogens (tertiary/aromatic N) is 1. The van der Waals surface area contributed by atoms with Gasteiger partial charge in [-0.1, -0.05) is 12.1 Å². The standard InChI is InChI=1S/C16H17NO6S2/c1-17(15-7-5-4-6-14(15)16(18)23-2)25(21,22)13-10-8-12(9-11-13)24(3,19)20/h4-11H,1-3H3. The van der Waals surface area contributed by atoms with Crippen LogP contribution in [0.25, 0.3) is 0 Å². The molecule has 2 rings (SSSR count). The molecule has 9 heteroatoms. The maximum atomic E-state index is 12.8. The quantitative estimate of drug-likeness (QED) is 0.729. The van der Waals surface area contributed by atoms with E-state index in [4.69, 9.17) is 0 Å². The molecule has 0 saturated carbocycles. The second-order valence-electron chi connectivity index (χ2n) is 5.22. The molecule has 25 heavy (non-hydrogen) atoms. The lowest BCUT2D eigenvalue weighted by Gasteiger charge is -2.21. The molecular formula is C16H17NO6S2. The highest BCUT2D eigenvalue weighted by Crippen LogP contribution is 2.26. The molecule has 0 saturated heterocycles. The smallest absolute Gasteiger partial charge is 0.340 e. The van der Waals surface area contributed by atoms with Crippen molar-refractivity contribution in [3.63, 3.8) is 0 Å². The number of hydrogen-bond donors (Lipinski definition) is 0. The van der Waals surface area contributed by atoms with Gasteiger partial charge in [0, 0.05) is 13.3 Å². The summed E-state index contributed by atoms with van der Waals surface area (Å²) in [5, 5.41) is 0. The summed E-state index contributed by atoms with van der Waals surface area (Å²) in [4.78, 5) is 11.8. The van der Waals surface area contributed by atoms with Crippen molar-refractivity contribution in [3.8, 4) is 0 Å². The number of anilines is 1. The topological polar surface area (TPSA) is 97.8 Å². The van der Waals surface area contributed by atoms with E-state index in [1.54, 1.807) is 12.1 Å². The van der Waals surface area contributed by atoms with Gasteiger partial charge < -0.3 is 4.74 Å². The summed E-state index contributed by atoms with van der Waals surface area (Å²) in [6.45, 7) is 0. The molecule has 0 fully saturated rings. The Morgan fingerprint density at radius 2 is 1.44 bits per heavy atom. The number of rotatable bonds is 5. The number of carbonyl (C=O) groups is 1. The molecule has 0 unspecified atom stereocenters. The van der Waals surface area contributed by atoms with Gasteiger partial charge in [-0.15, -0.1) is 0 Å². The lowest BCUT2D eigenvalue weighted by Crippen LogP contribution is -2.28. The summed E-state index contributed by atoms with van der Waals surface area (Å²) < 4.78 is 54.2. The number of methoxy groups -OCH3 is 1. The SMILES string of the molecule is COC(=O)c1ccccc1N(C)S(=O)(=O)c1ccc(S(C)(=O)=O)cc1. The molecule has 0 spiro atoms. The van der Waals surface area contributed by atoms with E-state index in [1.165, 1.54) is 50.6 Å². The van der Waals surface area contributed by atoms with E-state index in [1.807, 2.05) is 0 Å². The van der Waals surface area contributed by atoms with Crippen LogP contribution >= 0.6 is 0 Å². The van der Waals surface area contributed by atoms with E-state index in [9.17, 15) is 21.6 Å². The Morgan fingerprint density at radius 1 is 0.920 bits per heavy atom. The second-order valence-corrected chi connectivity index (χ2v) is 9.21. The lowest BCUT2D eigenvalue weighted by molar-refractivity contribution is 0.0601. The Morgan fingerprint density at radius 3 is 1.96 bits per heavy atom. The molecule has 7 nitrogen and oxygen atoms in total. The van der Waals surface area contributed by atoms with Crippen LogP contribution in [0.3, 0.4) is 0 Å². The highest BCUT2D eigenvalue weighted by molar-refractivity contribution is 7.93. The molecule has 0 aliphatic heterocycles. The van der Waals surface area contributed by atoms with Crippen LogP contribution < -0.4 is 4.31 Å². The molecule has 2 aromatic rings. The summed E-state index contributed by atoms with van der Waals surface area (Å²) in [6.07, 6.45) is 1.04. The van der Waals surface area contributed by atoms with Crippen molar-refractivity contribution >= 4 is 31.5 Å². The average Bonchev–Trinajstić information content (AvgIpc) is 2.59. The van der Waals surface area contributed by atoms with Crippen molar-refractivity contribution in [3.05, 3.63) is 54.1 Å². The molecule has 2 aromatic carbocycles. The first-order valence-corrected chi connectivity index (χ1v) is 10.4. The molecule has 134 valence electrons. The summed E-state index contributed by atoms with van der Waals surface area (Å²) in [6, 6.07) is 11.0. The van der Waals surface area contributed by atoms with Crippen molar-refractivity contribution in [1.29, 1.82) is 0 Å². The number of sulfone groups is 1. The molecule has 0 aliphatic rings. The van der Waals surface area contributed by atoms with Crippen LogP contribution in [0.2, 0.25) is 0 Å². The van der Waals surface area contributed by atoms with Crippen molar-refractivity contribution in [2.45, 2.75) is 9.79 Å². The summed E-state index contributed by atoms with van der Waals surface area (Å²) in [7, 11) is -4.90. The van der Waals surface area contributed by atoms with Crippen LogP contribution in [0, 0.1) is 0 Å². The van der Waals surface area contributed by atoms with E-state index in [0.29, 0.717) is 0 Å². The first-order chi connectivity index (χ1) is 11.6. The number of carbonyl (C=O) groups excluding carboxylic acids is 1. The van der Waals surface area contributed by atoms with Gasteiger partial charge in [0.2, 0.25) is 0 Å². The summed E-state index contributed by atoms with van der Waals surface area (Å²) in [5.74, 6) is -0.662. The van der Waals surface area contributed by atoms with Crippen LogP contribution in [0.4, 0.5) is 5.69 Å². The van der Waals surface area contributed by atoms with E-state index in [-0.39, 0.29) is 21.0 Å². The van der Waals surface area contributed by atoms with Gasteiger partial charge in [-0.25, -0.2) is 21.6 Å². The fraction of sp³-hybridized carbons (Fsp3) is 0.188. The first-order valence-electron chi connectivity index (χ1n) is 7.05. The van der Waals surface area contributed by atoms with Crippen LogP contribution in [0.5, 0.6) is 0 Å². The van der Waals surface area contributed by atoms with Crippen LogP contribution in [0.1, 0.15) is 10.4 Å². The van der Waals surface area contributed by atoms with Gasteiger partial charge in [0.25, 0.3) is 10.0 Å². The molecule has 0 heterocycles. The third-order valence-corrected chi connectivity index (χ3v) is 6.47. The largest absolute Gasteiger partial charge is 0.465 e. The normalized spacial score (nSPS) is 11.8. The molecule has 0 radical (unpaired) electrons. The third-order valence-electron chi connectivity index (χ3n) is 3.56. The minimum atomic E-state index is -3.99. The molecule has 0 amide bonds. The van der Waals surface area contributed by atoms with Crippen LogP contribution in [0.15, 0.2) is 58.3 Å². The minimum Gasteiger partial charge on any atom is -0.465 e.